The first-order valence-electron chi connectivity index (χ1n) is 7.06. The highest BCUT2D eigenvalue weighted by Crippen LogP contribution is 2.43. The zero-order chi connectivity index (χ0) is 14.6. The molecule has 2 amide bonds. The fraction of sp³-hybridized carbons (Fsp3) is 0.235. The van der Waals surface area contributed by atoms with Crippen molar-refractivity contribution >= 4 is 28.4 Å². The van der Waals surface area contributed by atoms with Gasteiger partial charge in [0, 0.05) is 12.0 Å². The van der Waals surface area contributed by atoms with Crippen molar-refractivity contribution in [3.8, 4) is 0 Å². The molecule has 1 heterocycles. The number of rotatable bonds is 1. The SMILES string of the molecule is O=C1CCC(C2C(=O)c3cccc4cccc2c34)C(=O)N1. The van der Waals surface area contributed by atoms with Gasteiger partial charge in [-0.3, -0.25) is 19.7 Å². The second-order valence-electron chi connectivity index (χ2n) is 5.65. The summed E-state index contributed by atoms with van der Waals surface area (Å²) in [6.07, 6.45) is 0.734. The van der Waals surface area contributed by atoms with Crippen LogP contribution in [0.1, 0.15) is 34.7 Å². The van der Waals surface area contributed by atoms with Crippen molar-refractivity contribution in [2.75, 3.05) is 0 Å². The summed E-state index contributed by atoms with van der Waals surface area (Å²) in [4.78, 5) is 36.2. The summed E-state index contributed by atoms with van der Waals surface area (Å²) in [6.45, 7) is 0. The van der Waals surface area contributed by atoms with Gasteiger partial charge in [-0.05, 0) is 22.8 Å². The summed E-state index contributed by atoms with van der Waals surface area (Å²) < 4.78 is 0. The molecule has 2 unspecified atom stereocenters. The Morgan fingerprint density at radius 2 is 1.76 bits per heavy atom. The van der Waals surface area contributed by atoms with Crippen LogP contribution < -0.4 is 5.32 Å². The summed E-state index contributed by atoms with van der Waals surface area (Å²) in [6, 6.07) is 11.5. The Morgan fingerprint density at radius 1 is 1.00 bits per heavy atom. The summed E-state index contributed by atoms with van der Waals surface area (Å²) in [5.74, 6) is -1.49. The molecule has 1 aliphatic heterocycles. The first-order chi connectivity index (χ1) is 10.2. The van der Waals surface area contributed by atoms with Crippen LogP contribution >= 0.6 is 0 Å². The molecular weight excluding hydrogens is 266 g/mol. The van der Waals surface area contributed by atoms with Crippen molar-refractivity contribution < 1.29 is 14.4 Å². The van der Waals surface area contributed by atoms with E-state index in [-0.39, 0.29) is 17.6 Å². The van der Waals surface area contributed by atoms with Crippen LogP contribution in [0.2, 0.25) is 0 Å². The van der Waals surface area contributed by atoms with Crippen LogP contribution in [0.4, 0.5) is 0 Å². The lowest BCUT2D eigenvalue weighted by Crippen LogP contribution is -2.43. The van der Waals surface area contributed by atoms with Crippen LogP contribution in [-0.4, -0.2) is 17.6 Å². The molecule has 4 rings (SSSR count). The molecule has 1 N–H and O–H groups in total. The van der Waals surface area contributed by atoms with Crippen LogP contribution in [0.15, 0.2) is 36.4 Å². The van der Waals surface area contributed by atoms with Gasteiger partial charge in [0.15, 0.2) is 5.78 Å². The van der Waals surface area contributed by atoms with Gasteiger partial charge in [-0.15, -0.1) is 0 Å². The van der Waals surface area contributed by atoms with E-state index in [4.69, 9.17) is 0 Å². The molecule has 4 heteroatoms. The molecule has 0 saturated carbocycles. The summed E-state index contributed by atoms with van der Waals surface area (Å²) in [5, 5.41) is 4.34. The molecule has 0 aromatic heterocycles. The molecule has 0 bridgehead atoms. The van der Waals surface area contributed by atoms with Gasteiger partial charge in [-0.1, -0.05) is 36.4 Å². The van der Waals surface area contributed by atoms with Gasteiger partial charge in [-0.25, -0.2) is 0 Å². The van der Waals surface area contributed by atoms with Crippen LogP contribution in [0, 0.1) is 5.92 Å². The van der Waals surface area contributed by atoms with Gasteiger partial charge in [0.25, 0.3) is 0 Å². The number of nitrogens with one attached hydrogen (secondary N) is 1. The number of hydrogen-bond donors (Lipinski definition) is 1. The van der Waals surface area contributed by atoms with Gasteiger partial charge in [-0.2, -0.15) is 0 Å². The Hall–Kier alpha value is -2.49. The number of benzene rings is 2. The minimum Gasteiger partial charge on any atom is -0.296 e. The quantitative estimate of drug-likeness (QED) is 0.814. The minimum atomic E-state index is -0.459. The predicted molar refractivity (Wildman–Crippen MR) is 76.9 cm³/mol. The lowest BCUT2D eigenvalue weighted by molar-refractivity contribution is -0.136. The third-order valence-corrected chi connectivity index (χ3v) is 4.50. The minimum absolute atomic E-state index is 0.00343. The van der Waals surface area contributed by atoms with Crippen molar-refractivity contribution in [3.05, 3.63) is 47.5 Å². The molecule has 0 radical (unpaired) electrons. The number of amides is 2. The van der Waals surface area contributed by atoms with E-state index >= 15 is 0 Å². The number of piperidine rings is 1. The monoisotopic (exact) mass is 279 g/mol. The van der Waals surface area contributed by atoms with E-state index < -0.39 is 11.8 Å². The third-order valence-electron chi connectivity index (χ3n) is 4.50. The average molecular weight is 279 g/mol. The average Bonchev–Trinajstić information content (AvgIpc) is 2.75. The first kappa shape index (κ1) is 12.3. The zero-order valence-electron chi connectivity index (χ0n) is 11.3. The Balaban J connectivity index is 1.86. The van der Waals surface area contributed by atoms with Crippen molar-refractivity contribution in [1.29, 1.82) is 0 Å². The normalized spacial score (nSPS) is 24.5. The molecule has 21 heavy (non-hydrogen) atoms. The van der Waals surface area contributed by atoms with Crippen LogP contribution in [0.25, 0.3) is 10.8 Å². The van der Waals surface area contributed by atoms with E-state index in [9.17, 15) is 14.4 Å². The van der Waals surface area contributed by atoms with Crippen molar-refractivity contribution in [2.24, 2.45) is 5.92 Å². The molecule has 1 fully saturated rings. The van der Waals surface area contributed by atoms with E-state index in [1.54, 1.807) is 0 Å². The van der Waals surface area contributed by atoms with Gasteiger partial charge < -0.3 is 0 Å². The van der Waals surface area contributed by atoms with Gasteiger partial charge in [0.2, 0.25) is 11.8 Å². The van der Waals surface area contributed by atoms with Crippen molar-refractivity contribution in [2.45, 2.75) is 18.8 Å². The molecule has 0 spiro atoms. The molecule has 104 valence electrons. The van der Waals surface area contributed by atoms with E-state index in [0.717, 1.165) is 16.3 Å². The topological polar surface area (TPSA) is 63.2 Å². The highest BCUT2D eigenvalue weighted by Gasteiger charge is 2.43. The smallest absolute Gasteiger partial charge is 0.230 e. The summed E-state index contributed by atoms with van der Waals surface area (Å²) >= 11 is 0. The number of hydrogen-bond acceptors (Lipinski definition) is 3. The van der Waals surface area contributed by atoms with Crippen molar-refractivity contribution in [3.63, 3.8) is 0 Å². The maximum absolute atomic E-state index is 12.7. The molecule has 4 nitrogen and oxygen atoms in total. The Morgan fingerprint density at radius 3 is 2.52 bits per heavy atom. The largest absolute Gasteiger partial charge is 0.296 e. The zero-order valence-corrected chi connectivity index (χ0v) is 11.3. The number of Topliss-reactive ketones (excluding diaryl/α,β-unsaturated/α-hetero) is 1. The summed E-state index contributed by atoms with van der Waals surface area (Å²) in [7, 11) is 0. The van der Waals surface area contributed by atoms with Crippen molar-refractivity contribution in [1.82, 2.24) is 5.32 Å². The van der Waals surface area contributed by atoms with E-state index in [2.05, 4.69) is 5.32 Å². The molecule has 2 atom stereocenters. The molecule has 2 aromatic carbocycles. The number of ketones is 1. The van der Waals surface area contributed by atoms with Crippen LogP contribution in [0.5, 0.6) is 0 Å². The Labute approximate surface area is 121 Å². The van der Waals surface area contributed by atoms with Gasteiger partial charge in [0.05, 0.1) is 11.8 Å². The predicted octanol–water partition coefficient (Wildman–Crippen LogP) is 2.17. The number of carbonyl (C=O) groups is 3. The van der Waals surface area contributed by atoms with Crippen LogP contribution in [0.3, 0.4) is 0 Å². The molecule has 2 aliphatic rings. The van der Waals surface area contributed by atoms with Crippen LogP contribution in [-0.2, 0) is 9.59 Å². The first-order valence-corrected chi connectivity index (χ1v) is 7.06. The second-order valence-corrected chi connectivity index (χ2v) is 5.65. The third kappa shape index (κ3) is 1.65. The van der Waals surface area contributed by atoms with E-state index in [1.807, 2.05) is 36.4 Å². The van der Waals surface area contributed by atoms with Gasteiger partial charge in [0.1, 0.15) is 0 Å². The fourth-order valence-electron chi connectivity index (χ4n) is 3.57. The highest BCUT2D eigenvalue weighted by atomic mass is 16.2. The maximum Gasteiger partial charge on any atom is 0.230 e. The maximum atomic E-state index is 12.7. The molecular formula is C17H13NO3. The lowest BCUT2D eigenvalue weighted by Gasteiger charge is -2.25. The number of carbonyl (C=O) groups excluding carboxylic acids is 3. The van der Waals surface area contributed by atoms with E-state index in [1.165, 1.54) is 0 Å². The Bertz CT molecular complexity index is 804. The standard InChI is InChI=1S/C17H13NO3/c19-13-8-7-12(17(21)18-13)15-10-5-1-3-9-4-2-6-11(14(9)10)16(15)20/h1-6,12,15H,7-8H2,(H,18,19,21). The van der Waals surface area contributed by atoms with E-state index in [0.29, 0.717) is 18.4 Å². The fourth-order valence-corrected chi connectivity index (χ4v) is 3.57. The number of imide groups is 1. The summed E-state index contributed by atoms with van der Waals surface area (Å²) in [5.41, 5.74) is 1.61. The molecule has 1 aliphatic carbocycles. The Kier molecular flexibility index (Phi) is 2.48. The second kappa shape index (κ2) is 4.25. The molecule has 2 aromatic rings. The lowest BCUT2D eigenvalue weighted by atomic mass is 9.80. The highest BCUT2D eigenvalue weighted by molar-refractivity contribution is 6.19. The van der Waals surface area contributed by atoms with Gasteiger partial charge >= 0.3 is 0 Å². The molecule has 1 saturated heterocycles.